The molecule has 3 rings (SSSR count). The number of para-hydroxylation sites is 2. The molecule has 1 unspecified atom stereocenters. The van der Waals surface area contributed by atoms with Gasteiger partial charge in [-0.2, -0.15) is 0 Å². The molecule has 4 nitrogen and oxygen atoms in total. The number of hydrogen-bond donors (Lipinski definition) is 1. The fourth-order valence-corrected chi connectivity index (χ4v) is 3.26. The second-order valence-electron chi connectivity index (χ2n) is 6.63. The van der Waals surface area contributed by atoms with Crippen molar-refractivity contribution in [1.29, 1.82) is 0 Å². The maximum absolute atomic E-state index is 13.3. The molecule has 0 radical (unpaired) electrons. The van der Waals surface area contributed by atoms with Gasteiger partial charge in [-0.25, -0.2) is 0 Å². The molecular formula is C24H26N2O2. The number of hydrogen-bond acceptors (Lipinski definition) is 3. The lowest BCUT2D eigenvalue weighted by Gasteiger charge is -2.28. The van der Waals surface area contributed by atoms with Crippen molar-refractivity contribution in [2.24, 2.45) is 0 Å². The number of ether oxygens (including phenoxy) is 1. The van der Waals surface area contributed by atoms with E-state index in [2.05, 4.69) is 22.3 Å². The first-order valence-corrected chi connectivity index (χ1v) is 9.51. The molecule has 0 aromatic heterocycles. The maximum atomic E-state index is 13.3. The van der Waals surface area contributed by atoms with E-state index in [-0.39, 0.29) is 5.91 Å². The van der Waals surface area contributed by atoms with E-state index in [4.69, 9.17) is 4.74 Å². The molecule has 0 bridgehead atoms. The predicted octanol–water partition coefficient (Wildman–Crippen LogP) is 4.90. The number of benzene rings is 3. The summed E-state index contributed by atoms with van der Waals surface area (Å²) < 4.78 is 5.65. The number of likely N-dealkylation sites (N-methyl/N-ethyl adjacent to an activating group) is 1. The molecule has 0 aliphatic rings. The van der Waals surface area contributed by atoms with Gasteiger partial charge in [-0.05, 0) is 37.2 Å². The van der Waals surface area contributed by atoms with Gasteiger partial charge in [0.25, 0.3) is 0 Å². The molecule has 1 atom stereocenters. The summed E-state index contributed by atoms with van der Waals surface area (Å²) >= 11 is 0. The van der Waals surface area contributed by atoms with Crippen molar-refractivity contribution < 1.29 is 9.53 Å². The van der Waals surface area contributed by atoms with Gasteiger partial charge in [0.2, 0.25) is 5.91 Å². The Balaban J connectivity index is 1.85. The molecule has 144 valence electrons. The molecule has 0 heterocycles. The molecule has 3 aromatic rings. The molecule has 0 aliphatic carbocycles. The molecule has 0 saturated carbocycles. The van der Waals surface area contributed by atoms with E-state index in [0.717, 1.165) is 11.1 Å². The van der Waals surface area contributed by atoms with Crippen LogP contribution >= 0.6 is 0 Å². The van der Waals surface area contributed by atoms with E-state index in [1.807, 2.05) is 86.8 Å². The molecule has 0 aliphatic heterocycles. The average molecular weight is 374 g/mol. The SMILES string of the molecule is CCOc1ccccc1NC(=O)C(c1ccccc1)N(C)Cc1ccccc1. The smallest absolute Gasteiger partial charge is 0.246 e. The topological polar surface area (TPSA) is 41.6 Å². The summed E-state index contributed by atoms with van der Waals surface area (Å²) in [5, 5.41) is 3.06. The Kier molecular flexibility index (Phi) is 6.82. The van der Waals surface area contributed by atoms with E-state index in [1.54, 1.807) is 0 Å². The quantitative estimate of drug-likeness (QED) is 0.610. The van der Waals surface area contributed by atoms with Crippen molar-refractivity contribution in [1.82, 2.24) is 4.90 Å². The molecule has 28 heavy (non-hydrogen) atoms. The molecule has 1 N–H and O–H groups in total. The highest BCUT2D eigenvalue weighted by molar-refractivity contribution is 5.96. The largest absolute Gasteiger partial charge is 0.492 e. The summed E-state index contributed by atoms with van der Waals surface area (Å²) in [6, 6.07) is 27.1. The van der Waals surface area contributed by atoms with Crippen LogP contribution in [0.2, 0.25) is 0 Å². The number of carbonyl (C=O) groups excluding carboxylic acids is 1. The van der Waals surface area contributed by atoms with Gasteiger partial charge in [0.05, 0.1) is 12.3 Å². The Labute approximate surface area is 166 Å². The van der Waals surface area contributed by atoms with E-state index in [0.29, 0.717) is 24.6 Å². The van der Waals surface area contributed by atoms with E-state index in [1.165, 1.54) is 0 Å². The zero-order chi connectivity index (χ0) is 19.8. The first kappa shape index (κ1) is 19.6. The van der Waals surface area contributed by atoms with Crippen molar-refractivity contribution in [3.8, 4) is 5.75 Å². The normalized spacial score (nSPS) is 11.8. The Morgan fingerprint density at radius 3 is 2.21 bits per heavy atom. The lowest BCUT2D eigenvalue weighted by atomic mass is 10.0. The van der Waals surface area contributed by atoms with Crippen LogP contribution < -0.4 is 10.1 Å². The van der Waals surface area contributed by atoms with Crippen LogP contribution in [0.25, 0.3) is 0 Å². The summed E-state index contributed by atoms with van der Waals surface area (Å²) in [5.74, 6) is 0.590. The highest BCUT2D eigenvalue weighted by Gasteiger charge is 2.26. The van der Waals surface area contributed by atoms with E-state index in [9.17, 15) is 4.79 Å². The maximum Gasteiger partial charge on any atom is 0.246 e. The minimum Gasteiger partial charge on any atom is -0.492 e. The first-order chi connectivity index (χ1) is 13.7. The number of carbonyl (C=O) groups is 1. The van der Waals surface area contributed by atoms with Crippen LogP contribution in [-0.4, -0.2) is 24.5 Å². The third-order valence-corrected chi connectivity index (χ3v) is 4.52. The third-order valence-electron chi connectivity index (χ3n) is 4.52. The number of anilines is 1. The van der Waals surface area contributed by atoms with Crippen LogP contribution in [0.15, 0.2) is 84.9 Å². The second-order valence-corrected chi connectivity index (χ2v) is 6.63. The lowest BCUT2D eigenvalue weighted by Crippen LogP contribution is -2.34. The van der Waals surface area contributed by atoms with Crippen LogP contribution in [0.4, 0.5) is 5.69 Å². The summed E-state index contributed by atoms with van der Waals surface area (Å²) in [6.45, 7) is 3.14. The van der Waals surface area contributed by atoms with E-state index >= 15 is 0 Å². The first-order valence-electron chi connectivity index (χ1n) is 9.51. The highest BCUT2D eigenvalue weighted by atomic mass is 16.5. The molecule has 0 spiro atoms. The van der Waals surface area contributed by atoms with Crippen LogP contribution in [0.1, 0.15) is 24.1 Å². The van der Waals surface area contributed by atoms with E-state index < -0.39 is 6.04 Å². The summed E-state index contributed by atoms with van der Waals surface area (Å²) in [4.78, 5) is 15.4. The number of nitrogens with zero attached hydrogens (tertiary/aromatic N) is 1. The Hall–Kier alpha value is -3.11. The molecule has 0 fully saturated rings. The molecular weight excluding hydrogens is 348 g/mol. The van der Waals surface area contributed by atoms with Gasteiger partial charge in [-0.1, -0.05) is 72.8 Å². The lowest BCUT2D eigenvalue weighted by molar-refractivity contribution is -0.121. The zero-order valence-electron chi connectivity index (χ0n) is 16.3. The monoisotopic (exact) mass is 374 g/mol. The van der Waals surface area contributed by atoms with Crippen molar-refractivity contribution in [2.75, 3.05) is 19.0 Å². The molecule has 0 saturated heterocycles. The van der Waals surface area contributed by atoms with Gasteiger partial charge in [-0.3, -0.25) is 9.69 Å². The average Bonchev–Trinajstić information content (AvgIpc) is 2.71. The van der Waals surface area contributed by atoms with Gasteiger partial charge in [0.15, 0.2) is 0 Å². The Morgan fingerprint density at radius 1 is 0.929 bits per heavy atom. The molecule has 4 heteroatoms. The Bertz CT molecular complexity index is 881. The van der Waals surface area contributed by atoms with Crippen LogP contribution in [-0.2, 0) is 11.3 Å². The summed E-state index contributed by atoms with van der Waals surface area (Å²) in [6.07, 6.45) is 0. The van der Waals surface area contributed by atoms with Crippen molar-refractivity contribution in [2.45, 2.75) is 19.5 Å². The molecule has 3 aromatic carbocycles. The van der Waals surface area contributed by atoms with Crippen LogP contribution in [0, 0.1) is 0 Å². The summed E-state index contributed by atoms with van der Waals surface area (Å²) in [5.41, 5.74) is 2.80. The standard InChI is InChI=1S/C24H26N2O2/c1-3-28-22-17-11-10-16-21(22)25-24(27)23(20-14-8-5-9-15-20)26(2)18-19-12-6-4-7-13-19/h4-17,23H,3,18H2,1-2H3,(H,25,27). The third kappa shape index (κ3) is 4.99. The minimum atomic E-state index is -0.420. The van der Waals surface area contributed by atoms with Crippen LogP contribution in [0.5, 0.6) is 5.75 Å². The van der Waals surface area contributed by atoms with Gasteiger partial charge in [0, 0.05) is 6.54 Å². The van der Waals surface area contributed by atoms with Crippen molar-refractivity contribution >= 4 is 11.6 Å². The van der Waals surface area contributed by atoms with Crippen molar-refractivity contribution in [3.05, 3.63) is 96.1 Å². The zero-order valence-corrected chi connectivity index (χ0v) is 16.3. The van der Waals surface area contributed by atoms with Gasteiger partial charge >= 0.3 is 0 Å². The fourth-order valence-electron chi connectivity index (χ4n) is 3.26. The van der Waals surface area contributed by atoms with Gasteiger partial charge in [0.1, 0.15) is 11.8 Å². The van der Waals surface area contributed by atoms with Crippen molar-refractivity contribution in [3.63, 3.8) is 0 Å². The second kappa shape index (κ2) is 9.72. The number of nitrogens with one attached hydrogen (secondary N) is 1. The minimum absolute atomic E-state index is 0.0863. The predicted molar refractivity (Wildman–Crippen MR) is 113 cm³/mol. The molecule has 1 amide bonds. The van der Waals surface area contributed by atoms with Gasteiger partial charge < -0.3 is 10.1 Å². The Morgan fingerprint density at radius 2 is 1.54 bits per heavy atom. The fraction of sp³-hybridized carbons (Fsp3) is 0.208. The van der Waals surface area contributed by atoms with Gasteiger partial charge in [-0.15, -0.1) is 0 Å². The number of rotatable bonds is 8. The highest BCUT2D eigenvalue weighted by Crippen LogP contribution is 2.28. The summed E-state index contributed by atoms with van der Waals surface area (Å²) in [7, 11) is 1.97. The number of amides is 1. The van der Waals surface area contributed by atoms with Crippen LogP contribution in [0.3, 0.4) is 0 Å².